The minimum Gasteiger partial charge on any atom is -0.375 e. The third-order valence-electron chi connectivity index (χ3n) is 15.7. The number of hydrogen-bond donors (Lipinski definition) is 0. The number of nitrogens with zero attached hydrogens (tertiary/aromatic N) is 4. The Kier molecular flexibility index (Phi) is 6.97. The molecule has 16 rings (SSSR count). The van der Waals surface area contributed by atoms with Gasteiger partial charge in [0.15, 0.2) is 0 Å². The normalized spacial score (nSPS) is 13.6. The summed E-state index contributed by atoms with van der Waals surface area (Å²) in [6, 6.07) is 72.9. The van der Waals surface area contributed by atoms with Crippen LogP contribution in [0.1, 0.15) is 11.1 Å². The Morgan fingerprint density at radius 1 is 0.382 bits per heavy atom. The fourth-order valence-electron chi connectivity index (χ4n) is 13.3. The van der Waals surface area contributed by atoms with Gasteiger partial charge in [0.05, 0.1) is 0 Å². The van der Waals surface area contributed by atoms with Crippen LogP contribution in [0, 0.1) is 0 Å². The number of para-hydroxylation sites is 4. The van der Waals surface area contributed by atoms with Crippen LogP contribution in [0.4, 0.5) is 34.1 Å². The highest BCUT2D eigenvalue weighted by atomic mass is 15.2. The summed E-state index contributed by atoms with van der Waals surface area (Å²) in [5.74, 6) is 0. The van der Waals surface area contributed by atoms with E-state index in [1.807, 2.05) is 12.2 Å². The van der Waals surface area contributed by atoms with Gasteiger partial charge in [0, 0.05) is 88.9 Å². The van der Waals surface area contributed by atoms with E-state index in [-0.39, 0.29) is 13.7 Å². The van der Waals surface area contributed by atoms with Gasteiger partial charge in [-0.1, -0.05) is 153 Å². The Morgan fingerprint density at radius 3 is 1.46 bits per heavy atom. The Labute approximate surface area is 393 Å². The number of benzene rings is 10. The summed E-state index contributed by atoms with van der Waals surface area (Å²) in [5, 5.41) is 7.60. The van der Waals surface area contributed by atoms with E-state index in [9.17, 15) is 0 Å². The summed E-state index contributed by atoms with van der Waals surface area (Å²) in [5.41, 5.74) is 24.5. The molecule has 0 bridgehead atoms. The molecule has 2 aromatic heterocycles. The molecule has 312 valence electrons. The van der Waals surface area contributed by atoms with E-state index >= 15 is 0 Å². The highest BCUT2D eigenvalue weighted by molar-refractivity contribution is 6.93. The third-order valence-corrected chi connectivity index (χ3v) is 15.7. The van der Waals surface area contributed by atoms with Gasteiger partial charge in [-0.3, -0.25) is 0 Å². The van der Waals surface area contributed by atoms with Crippen LogP contribution in [-0.2, 0) is 0 Å². The second-order valence-electron chi connectivity index (χ2n) is 18.8. The molecule has 0 saturated carbocycles. The smallest absolute Gasteiger partial charge is 0.333 e. The first kappa shape index (κ1) is 36.5. The number of aromatic nitrogens is 2. The summed E-state index contributed by atoms with van der Waals surface area (Å²) >= 11 is 0. The van der Waals surface area contributed by atoms with E-state index < -0.39 is 0 Å². The summed E-state index contributed by atoms with van der Waals surface area (Å²) in [6.07, 6.45) is 4.03. The number of rotatable bonds is 4. The second-order valence-corrected chi connectivity index (χ2v) is 18.8. The zero-order valence-corrected chi connectivity index (χ0v) is 37.0. The summed E-state index contributed by atoms with van der Waals surface area (Å²) in [4.78, 5) is 5.08. The van der Waals surface area contributed by atoms with Gasteiger partial charge in [0.1, 0.15) is 0 Å². The third kappa shape index (κ3) is 4.35. The van der Waals surface area contributed by atoms with Gasteiger partial charge in [-0.05, 0) is 122 Å². The van der Waals surface area contributed by atoms with Crippen LogP contribution in [0.5, 0.6) is 0 Å². The molecule has 10 aromatic carbocycles. The Morgan fingerprint density at radius 2 is 0.882 bits per heavy atom. The molecule has 68 heavy (non-hydrogen) atoms. The van der Waals surface area contributed by atoms with Gasteiger partial charge >= 0.3 is 13.7 Å². The van der Waals surface area contributed by atoms with Crippen molar-refractivity contribution in [2.45, 2.75) is 0 Å². The summed E-state index contributed by atoms with van der Waals surface area (Å²) < 4.78 is 5.37. The topological polar surface area (TPSA) is 16.3 Å². The van der Waals surface area contributed by atoms with Crippen LogP contribution in [-0.4, -0.2) is 22.7 Å². The van der Waals surface area contributed by atoms with Crippen molar-refractivity contribution in [2.24, 2.45) is 0 Å². The van der Waals surface area contributed by atoms with E-state index in [1.54, 1.807) is 0 Å². The number of fused-ring (bicyclic) bond motifs is 16. The molecular formula is C62H38B2N4. The molecular weight excluding hydrogens is 822 g/mol. The van der Waals surface area contributed by atoms with Crippen molar-refractivity contribution in [3.8, 4) is 22.3 Å². The van der Waals surface area contributed by atoms with Crippen LogP contribution < -0.4 is 31.7 Å². The molecule has 4 aliphatic rings. The molecule has 4 aliphatic heterocycles. The average Bonchev–Trinajstić information content (AvgIpc) is 3.90. The van der Waals surface area contributed by atoms with Crippen molar-refractivity contribution in [1.29, 1.82) is 0 Å². The predicted octanol–water partition coefficient (Wildman–Crippen LogP) is 13.2. The molecule has 6 heterocycles. The fraction of sp³-hybridized carbons (Fsp3) is 0. The monoisotopic (exact) mass is 860 g/mol. The maximum absolute atomic E-state index is 4.43. The van der Waals surface area contributed by atoms with Crippen LogP contribution in [0.25, 0.3) is 88.8 Å². The van der Waals surface area contributed by atoms with Crippen molar-refractivity contribution in [1.82, 2.24) is 8.96 Å². The fourth-order valence-corrected chi connectivity index (χ4v) is 13.3. The Bertz CT molecular complexity index is 4280. The summed E-state index contributed by atoms with van der Waals surface area (Å²) in [6.45, 7) is 8.51. The molecule has 0 aliphatic carbocycles. The van der Waals surface area contributed by atoms with Gasteiger partial charge in [0.25, 0.3) is 0 Å². The molecule has 0 atom stereocenters. The van der Waals surface area contributed by atoms with E-state index in [0.717, 1.165) is 22.5 Å². The van der Waals surface area contributed by atoms with Gasteiger partial charge in [0.2, 0.25) is 0 Å². The maximum Gasteiger partial charge on any atom is 0.333 e. The quantitative estimate of drug-likeness (QED) is 0.164. The standard InChI is InChI=1S/C62H38B2N4/c1-3-37-33-47-43-25-13-15-29-51(43)67-61(47)57(41(37)4-2)45-27-17-31-53-59(45)63(67)49-35-50-56(36-55(49)65(53)39-20-7-5-8-21-39)66(40-22-9-6-10-23-40)54-32-18-28-46-58-42-24-12-11-19-38(42)34-48-44-26-14-16-30-52(44)68(62(48)58)64(50)60(46)54/h3-36H,1-2H2. The average molecular weight is 861 g/mol. The lowest BCUT2D eigenvalue weighted by atomic mass is 9.41. The second kappa shape index (κ2) is 13.0. The zero-order chi connectivity index (χ0) is 44.5. The molecule has 12 aromatic rings. The van der Waals surface area contributed by atoms with E-state index in [4.69, 9.17) is 0 Å². The molecule has 6 heteroatoms. The van der Waals surface area contributed by atoms with Gasteiger partial charge in [-0.25, -0.2) is 0 Å². The highest BCUT2D eigenvalue weighted by Crippen LogP contribution is 2.51. The molecule has 0 N–H and O–H groups in total. The highest BCUT2D eigenvalue weighted by Gasteiger charge is 2.48. The first-order valence-electron chi connectivity index (χ1n) is 23.7. The molecule has 0 fully saturated rings. The van der Waals surface area contributed by atoms with Crippen molar-refractivity contribution < 1.29 is 0 Å². The largest absolute Gasteiger partial charge is 0.375 e. The summed E-state index contributed by atoms with van der Waals surface area (Å²) in [7, 11) is 0. The molecule has 0 saturated heterocycles. The number of anilines is 6. The minimum absolute atomic E-state index is 0.112. The molecule has 0 amide bonds. The first-order valence-corrected chi connectivity index (χ1v) is 23.7. The zero-order valence-electron chi connectivity index (χ0n) is 37.0. The van der Waals surface area contributed by atoms with Crippen molar-refractivity contribution in [3.05, 3.63) is 218 Å². The first-order chi connectivity index (χ1) is 33.7. The van der Waals surface area contributed by atoms with Crippen LogP contribution in [0.3, 0.4) is 0 Å². The van der Waals surface area contributed by atoms with Crippen molar-refractivity contribution in [2.75, 3.05) is 9.80 Å². The minimum atomic E-state index is -0.133. The van der Waals surface area contributed by atoms with E-state index in [0.29, 0.717) is 0 Å². The van der Waals surface area contributed by atoms with Crippen molar-refractivity contribution in [3.63, 3.8) is 0 Å². The molecule has 0 radical (unpaired) electrons. The lowest BCUT2D eigenvalue weighted by Crippen LogP contribution is -2.61. The van der Waals surface area contributed by atoms with Gasteiger partial charge in [-0.15, -0.1) is 0 Å². The Hall–Kier alpha value is -8.73. The lowest BCUT2D eigenvalue weighted by Gasteiger charge is -2.44. The van der Waals surface area contributed by atoms with Crippen LogP contribution >= 0.6 is 0 Å². The predicted molar refractivity (Wildman–Crippen MR) is 291 cm³/mol. The Balaban J connectivity index is 1.10. The van der Waals surface area contributed by atoms with E-state index in [2.05, 4.69) is 226 Å². The van der Waals surface area contributed by atoms with Gasteiger partial charge in [-0.2, -0.15) is 0 Å². The molecule has 0 unspecified atom stereocenters. The lowest BCUT2D eigenvalue weighted by molar-refractivity contribution is 1.23. The SMILES string of the molecule is C=Cc1cc2c3ccccc3n3c2c(c1C=C)-c1cccc2c1B3c1cc3c(cc1N2c1ccccc1)N(c1ccccc1)c1cccc2c1B3n1c3ccccc3c3cc4ccccc4c-2c31. The number of hydrogen-bond acceptors (Lipinski definition) is 2. The molecule has 0 spiro atoms. The molecule has 4 nitrogen and oxygen atoms in total. The van der Waals surface area contributed by atoms with E-state index in [1.165, 1.54) is 121 Å². The maximum atomic E-state index is 4.43. The van der Waals surface area contributed by atoms with Crippen LogP contribution in [0.2, 0.25) is 0 Å². The van der Waals surface area contributed by atoms with Crippen molar-refractivity contribution >= 4 is 136 Å². The van der Waals surface area contributed by atoms with Gasteiger partial charge < -0.3 is 18.8 Å². The van der Waals surface area contributed by atoms with Crippen LogP contribution in [0.15, 0.2) is 207 Å².